The van der Waals surface area contributed by atoms with Crippen LogP contribution in [0.1, 0.15) is 77.6 Å². The Hall–Kier alpha value is -1.97. The predicted molar refractivity (Wildman–Crippen MR) is 129 cm³/mol. The van der Waals surface area contributed by atoms with Gasteiger partial charge < -0.3 is 4.90 Å². The number of fused-ring (bicyclic) bond motifs is 4. The summed E-state index contributed by atoms with van der Waals surface area (Å²) in [6, 6.07) is 9.36. The van der Waals surface area contributed by atoms with Crippen LogP contribution in [0.4, 0.5) is 0 Å². The first-order chi connectivity index (χ1) is 15.4. The van der Waals surface area contributed by atoms with Gasteiger partial charge in [0, 0.05) is 41.3 Å². The van der Waals surface area contributed by atoms with Gasteiger partial charge in [-0.25, -0.2) is 0 Å². The third-order valence-electron chi connectivity index (χ3n) is 11.5. The van der Waals surface area contributed by atoms with Crippen molar-refractivity contribution in [2.24, 2.45) is 45.3 Å². The van der Waals surface area contributed by atoms with Gasteiger partial charge in [-0.2, -0.15) is 0 Å². The summed E-state index contributed by atoms with van der Waals surface area (Å²) in [7, 11) is 0. The van der Waals surface area contributed by atoms with Crippen molar-refractivity contribution in [1.29, 1.82) is 0 Å². The highest BCUT2D eigenvalue weighted by molar-refractivity contribution is 5.97. The van der Waals surface area contributed by atoms with Gasteiger partial charge in [-0.15, -0.1) is 0 Å². The van der Waals surface area contributed by atoms with E-state index in [-0.39, 0.29) is 39.4 Å². The molecule has 1 amide bonds. The Kier molecular flexibility index (Phi) is 4.85. The maximum Gasteiger partial charge on any atom is 0.253 e. The van der Waals surface area contributed by atoms with Crippen LogP contribution >= 0.6 is 0 Å². The van der Waals surface area contributed by atoms with E-state index in [1.807, 2.05) is 35.2 Å². The smallest absolute Gasteiger partial charge is 0.253 e. The van der Waals surface area contributed by atoms with E-state index >= 15 is 0 Å². The average Bonchev–Trinajstić information content (AvgIpc) is 3.26. The third kappa shape index (κ3) is 2.79. The van der Waals surface area contributed by atoms with E-state index in [1.54, 1.807) is 0 Å². The van der Waals surface area contributed by atoms with Crippen LogP contribution in [0, 0.1) is 45.3 Å². The van der Waals surface area contributed by atoms with Crippen LogP contribution in [0.3, 0.4) is 0 Å². The number of hydrogen-bond donors (Lipinski definition) is 0. The van der Waals surface area contributed by atoms with Crippen LogP contribution in [0.5, 0.6) is 0 Å². The molecule has 0 heterocycles. The van der Waals surface area contributed by atoms with Crippen LogP contribution in [0.25, 0.3) is 0 Å². The summed E-state index contributed by atoms with van der Waals surface area (Å²) >= 11 is 0. The Balaban J connectivity index is 1.46. The van der Waals surface area contributed by atoms with Crippen LogP contribution in [0.15, 0.2) is 30.3 Å². The zero-order valence-corrected chi connectivity index (χ0v) is 21.1. The summed E-state index contributed by atoms with van der Waals surface area (Å²) in [4.78, 5) is 42.8. The zero-order valence-electron chi connectivity index (χ0n) is 21.1. The van der Waals surface area contributed by atoms with Crippen LogP contribution < -0.4 is 0 Å². The largest absolute Gasteiger partial charge is 0.337 e. The lowest BCUT2D eigenvalue weighted by Crippen LogP contribution is -2.46. The van der Waals surface area contributed by atoms with Gasteiger partial charge in [0.2, 0.25) is 0 Å². The lowest BCUT2D eigenvalue weighted by molar-refractivity contribution is -0.132. The summed E-state index contributed by atoms with van der Waals surface area (Å²) in [5.74, 6) is 0.916. The molecule has 1 aromatic carbocycles. The molecule has 4 fully saturated rings. The van der Waals surface area contributed by atoms with E-state index in [9.17, 15) is 14.4 Å². The first-order valence-electron chi connectivity index (χ1n) is 12.8. The Morgan fingerprint density at radius 1 is 0.788 bits per heavy atom. The van der Waals surface area contributed by atoms with Crippen LogP contribution in [-0.2, 0) is 9.59 Å². The van der Waals surface area contributed by atoms with Gasteiger partial charge in [0.05, 0.1) is 0 Å². The third-order valence-corrected chi connectivity index (χ3v) is 11.5. The second-order valence-electron chi connectivity index (χ2n) is 12.9. The van der Waals surface area contributed by atoms with Crippen molar-refractivity contribution in [2.75, 3.05) is 13.1 Å². The first kappa shape index (κ1) is 22.8. The predicted octanol–water partition coefficient (Wildman–Crippen LogP) is 5.41. The van der Waals surface area contributed by atoms with Gasteiger partial charge in [-0.1, -0.05) is 59.7 Å². The zero-order chi connectivity index (χ0) is 24.0. The number of nitrogens with zero attached hydrogens (tertiary/aromatic N) is 1. The highest BCUT2D eigenvalue weighted by atomic mass is 16.2. The molecule has 6 atom stereocenters. The summed E-state index contributed by atoms with van der Waals surface area (Å²) in [5.41, 5.74) is -0.0649. The molecule has 0 saturated heterocycles. The van der Waals surface area contributed by atoms with E-state index < -0.39 is 0 Å². The second kappa shape index (κ2) is 7.02. The van der Waals surface area contributed by atoms with Gasteiger partial charge in [-0.3, -0.25) is 14.4 Å². The topological polar surface area (TPSA) is 54.5 Å². The van der Waals surface area contributed by atoms with Crippen molar-refractivity contribution >= 4 is 17.5 Å². The van der Waals surface area contributed by atoms with Gasteiger partial charge in [0.15, 0.2) is 0 Å². The Morgan fingerprint density at radius 2 is 1.21 bits per heavy atom. The quantitative estimate of drug-likeness (QED) is 0.604. The average molecular weight is 450 g/mol. The minimum atomic E-state index is -0.304. The Bertz CT molecular complexity index is 955. The molecule has 0 N–H and O–H groups in total. The number of hydrogen-bond acceptors (Lipinski definition) is 3. The van der Waals surface area contributed by atoms with Crippen molar-refractivity contribution in [2.45, 2.75) is 67.2 Å². The number of rotatable bonds is 5. The molecule has 0 spiro atoms. The SMILES string of the molecule is CC1(C)[C@@H]2CC[C@]1(C)C(=O)[C@H]2CN(C[C@@H]1C(=O)[C@@]2(C)CC[C@@H]1C2(C)C)C(=O)c1ccccc1. The minimum Gasteiger partial charge on any atom is -0.337 e. The highest BCUT2D eigenvalue weighted by Crippen LogP contribution is 2.67. The molecular formula is C29H39NO3. The van der Waals surface area contributed by atoms with E-state index in [2.05, 4.69) is 41.5 Å². The fourth-order valence-corrected chi connectivity index (χ4v) is 8.45. The van der Waals surface area contributed by atoms with Crippen molar-refractivity contribution < 1.29 is 14.4 Å². The minimum absolute atomic E-state index is 0.0477. The summed E-state index contributed by atoms with van der Waals surface area (Å²) < 4.78 is 0. The molecule has 1 aromatic rings. The van der Waals surface area contributed by atoms with E-state index in [0.717, 1.165) is 25.7 Å². The second-order valence-corrected chi connectivity index (χ2v) is 12.9. The number of benzene rings is 1. The van der Waals surface area contributed by atoms with Crippen molar-refractivity contribution in [3.63, 3.8) is 0 Å². The Labute approximate surface area is 198 Å². The molecule has 178 valence electrons. The lowest BCUT2D eigenvalue weighted by atomic mass is 9.70. The molecular weight excluding hydrogens is 410 g/mol. The molecule has 5 rings (SSSR count). The number of amides is 1. The molecule has 4 nitrogen and oxygen atoms in total. The van der Waals surface area contributed by atoms with Crippen LogP contribution in [0.2, 0.25) is 0 Å². The molecule has 33 heavy (non-hydrogen) atoms. The monoisotopic (exact) mass is 449 g/mol. The normalized spacial score (nSPS) is 39.9. The number of carbonyl (C=O) groups is 3. The molecule has 0 radical (unpaired) electrons. The summed E-state index contributed by atoms with van der Waals surface area (Å²) in [5, 5.41) is 0. The van der Waals surface area contributed by atoms with E-state index in [4.69, 9.17) is 0 Å². The first-order valence-corrected chi connectivity index (χ1v) is 12.8. The van der Waals surface area contributed by atoms with Gasteiger partial charge >= 0.3 is 0 Å². The summed E-state index contributed by atoms with van der Waals surface area (Å²) in [6.45, 7) is 14.0. The number of carbonyl (C=O) groups excluding carboxylic acids is 3. The fraction of sp³-hybridized carbons (Fsp3) is 0.690. The lowest BCUT2D eigenvalue weighted by Gasteiger charge is -2.34. The van der Waals surface area contributed by atoms with E-state index in [0.29, 0.717) is 42.1 Å². The molecule has 4 bridgehead atoms. The highest BCUT2D eigenvalue weighted by Gasteiger charge is 2.68. The van der Waals surface area contributed by atoms with Crippen molar-refractivity contribution in [1.82, 2.24) is 4.90 Å². The fourth-order valence-electron chi connectivity index (χ4n) is 8.45. The standard InChI is InChI=1S/C29H39NO3/c1-26(2)21-12-14-28(26,5)23(31)19(21)16-30(25(33)18-10-8-7-9-11-18)17-20-22-13-15-29(6,24(20)32)27(22,3)4/h7-11,19-22H,12-17H2,1-6H3/t19-,20-,21-,22+,28+,29+/m0/s1. The number of ketones is 2. The molecule has 0 aliphatic heterocycles. The summed E-state index contributed by atoms with van der Waals surface area (Å²) in [6.07, 6.45) is 3.98. The molecule has 4 aliphatic carbocycles. The van der Waals surface area contributed by atoms with Crippen molar-refractivity contribution in [3.8, 4) is 0 Å². The molecule has 4 heteroatoms. The van der Waals surface area contributed by atoms with Gasteiger partial charge in [0.25, 0.3) is 5.91 Å². The molecule has 0 aromatic heterocycles. The van der Waals surface area contributed by atoms with Crippen LogP contribution in [-0.4, -0.2) is 35.5 Å². The maximum absolute atomic E-state index is 13.7. The maximum atomic E-state index is 13.7. The number of Topliss-reactive ketones (excluding diaryl/α,β-unsaturated/α-hetero) is 2. The Morgan fingerprint density at radius 3 is 1.58 bits per heavy atom. The van der Waals surface area contributed by atoms with E-state index in [1.165, 1.54) is 0 Å². The molecule has 4 saturated carbocycles. The molecule has 0 unspecified atom stereocenters. The van der Waals surface area contributed by atoms with Crippen molar-refractivity contribution in [3.05, 3.63) is 35.9 Å². The molecule has 4 aliphatic rings. The van der Waals surface area contributed by atoms with Gasteiger partial charge in [-0.05, 0) is 60.5 Å². The van der Waals surface area contributed by atoms with Gasteiger partial charge in [0.1, 0.15) is 11.6 Å².